The van der Waals surface area contributed by atoms with Gasteiger partial charge in [0.15, 0.2) is 5.96 Å². The standard InChI is InChI=1S/C13H21N3O/c1-4-8-17-12-7-5-6-11(9-12)10-16-13(14-2)15-3/h5-7,9H,4,8,10H2,1-3H3,(H2,14,15,16). The number of hydrogen-bond donors (Lipinski definition) is 2. The topological polar surface area (TPSA) is 45.6 Å². The van der Waals surface area contributed by atoms with Crippen molar-refractivity contribution in [3.63, 3.8) is 0 Å². The van der Waals surface area contributed by atoms with Crippen molar-refractivity contribution in [1.82, 2.24) is 10.6 Å². The first-order valence-corrected chi connectivity index (χ1v) is 5.90. The number of aliphatic imine (C=N–C) groups is 1. The van der Waals surface area contributed by atoms with Crippen molar-refractivity contribution >= 4 is 5.96 Å². The third kappa shape index (κ3) is 4.76. The summed E-state index contributed by atoms with van der Waals surface area (Å²) in [6.07, 6.45) is 1.02. The van der Waals surface area contributed by atoms with E-state index in [9.17, 15) is 0 Å². The molecule has 0 fully saturated rings. The van der Waals surface area contributed by atoms with E-state index >= 15 is 0 Å². The Morgan fingerprint density at radius 1 is 1.41 bits per heavy atom. The van der Waals surface area contributed by atoms with Crippen molar-refractivity contribution in [2.75, 3.05) is 20.7 Å². The second-order valence-corrected chi connectivity index (χ2v) is 3.67. The summed E-state index contributed by atoms with van der Waals surface area (Å²) in [5.41, 5.74) is 1.18. The monoisotopic (exact) mass is 235 g/mol. The lowest BCUT2D eigenvalue weighted by Gasteiger charge is -2.10. The predicted molar refractivity (Wildman–Crippen MR) is 71.5 cm³/mol. The van der Waals surface area contributed by atoms with E-state index in [0.29, 0.717) is 0 Å². The summed E-state index contributed by atoms with van der Waals surface area (Å²) in [5.74, 6) is 1.70. The van der Waals surface area contributed by atoms with Gasteiger partial charge < -0.3 is 15.4 Å². The predicted octanol–water partition coefficient (Wildman–Crippen LogP) is 1.77. The van der Waals surface area contributed by atoms with Gasteiger partial charge in [0.1, 0.15) is 5.75 Å². The summed E-state index contributed by atoms with van der Waals surface area (Å²) >= 11 is 0. The molecule has 0 saturated carbocycles. The molecule has 2 N–H and O–H groups in total. The van der Waals surface area contributed by atoms with Gasteiger partial charge in [0.05, 0.1) is 6.61 Å². The molecule has 4 heteroatoms. The van der Waals surface area contributed by atoms with Gasteiger partial charge in [-0.2, -0.15) is 0 Å². The summed E-state index contributed by atoms with van der Waals surface area (Å²) in [6, 6.07) is 8.09. The minimum absolute atomic E-state index is 0.733. The lowest BCUT2D eigenvalue weighted by Crippen LogP contribution is -2.34. The van der Waals surface area contributed by atoms with Crippen LogP contribution in [0.4, 0.5) is 0 Å². The van der Waals surface area contributed by atoms with Crippen molar-refractivity contribution in [1.29, 1.82) is 0 Å². The van der Waals surface area contributed by atoms with Gasteiger partial charge in [0.25, 0.3) is 0 Å². The molecule has 1 rings (SSSR count). The first-order valence-electron chi connectivity index (χ1n) is 5.90. The van der Waals surface area contributed by atoms with Gasteiger partial charge in [-0.25, -0.2) is 0 Å². The van der Waals surface area contributed by atoms with E-state index in [1.807, 2.05) is 25.2 Å². The highest BCUT2D eigenvalue weighted by atomic mass is 16.5. The van der Waals surface area contributed by atoms with Crippen LogP contribution in [0.5, 0.6) is 5.75 Å². The molecule has 0 unspecified atom stereocenters. The largest absolute Gasteiger partial charge is 0.494 e. The molecule has 0 aromatic heterocycles. The molecule has 1 aromatic rings. The summed E-state index contributed by atoms with van der Waals surface area (Å²) in [5, 5.41) is 6.18. The molecule has 0 aliphatic carbocycles. The fourth-order valence-corrected chi connectivity index (χ4v) is 1.43. The molecule has 0 bridgehead atoms. The second-order valence-electron chi connectivity index (χ2n) is 3.67. The first-order chi connectivity index (χ1) is 8.30. The fraction of sp³-hybridized carbons (Fsp3) is 0.462. The van der Waals surface area contributed by atoms with Gasteiger partial charge in [-0.3, -0.25) is 4.99 Å². The highest BCUT2D eigenvalue weighted by Crippen LogP contribution is 2.13. The number of ether oxygens (including phenoxy) is 1. The van der Waals surface area contributed by atoms with E-state index in [2.05, 4.69) is 28.6 Å². The molecule has 0 aliphatic rings. The number of nitrogens with one attached hydrogen (secondary N) is 2. The van der Waals surface area contributed by atoms with Crippen LogP contribution in [0.15, 0.2) is 29.3 Å². The number of rotatable bonds is 5. The minimum Gasteiger partial charge on any atom is -0.494 e. The molecule has 4 nitrogen and oxygen atoms in total. The molecular weight excluding hydrogens is 214 g/mol. The Labute approximate surface area is 103 Å². The average Bonchev–Trinajstić information content (AvgIpc) is 2.38. The number of guanidine groups is 1. The highest BCUT2D eigenvalue weighted by Gasteiger charge is 1.98. The Bertz CT molecular complexity index is 363. The van der Waals surface area contributed by atoms with Crippen molar-refractivity contribution in [2.45, 2.75) is 19.9 Å². The lowest BCUT2D eigenvalue weighted by molar-refractivity contribution is 0.317. The van der Waals surface area contributed by atoms with Gasteiger partial charge in [-0.1, -0.05) is 19.1 Å². The van der Waals surface area contributed by atoms with Crippen LogP contribution < -0.4 is 15.4 Å². The molecule has 0 amide bonds. The number of nitrogens with zero attached hydrogens (tertiary/aromatic N) is 1. The van der Waals surface area contributed by atoms with Crippen molar-refractivity contribution in [2.24, 2.45) is 4.99 Å². The number of hydrogen-bond acceptors (Lipinski definition) is 2. The van der Waals surface area contributed by atoms with Crippen LogP contribution in [0, 0.1) is 0 Å². The molecule has 0 radical (unpaired) electrons. The number of benzene rings is 1. The van der Waals surface area contributed by atoms with Crippen LogP contribution >= 0.6 is 0 Å². The van der Waals surface area contributed by atoms with Gasteiger partial charge in [0, 0.05) is 20.6 Å². The molecule has 0 atom stereocenters. The average molecular weight is 235 g/mol. The zero-order valence-corrected chi connectivity index (χ0v) is 10.8. The third-order valence-corrected chi connectivity index (χ3v) is 2.29. The fourth-order valence-electron chi connectivity index (χ4n) is 1.43. The Morgan fingerprint density at radius 3 is 2.88 bits per heavy atom. The molecule has 0 heterocycles. The van der Waals surface area contributed by atoms with Crippen LogP contribution in [-0.2, 0) is 6.54 Å². The summed E-state index contributed by atoms with van der Waals surface area (Å²) in [6.45, 7) is 3.59. The van der Waals surface area contributed by atoms with E-state index in [1.54, 1.807) is 7.05 Å². The van der Waals surface area contributed by atoms with Crippen LogP contribution in [0.1, 0.15) is 18.9 Å². The van der Waals surface area contributed by atoms with Crippen LogP contribution in [-0.4, -0.2) is 26.7 Å². The maximum atomic E-state index is 5.58. The maximum Gasteiger partial charge on any atom is 0.190 e. The maximum absolute atomic E-state index is 5.58. The van der Waals surface area contributed by atoms with Crippen LogP contribution in [0.2, 0.25) is 0 Å². The van der Waals surface area contributed by atoms with Crippen molar-refractivity contribution < 1.29 is 4.74 Å². The summed E-state index contributed by atoms with van der Waals surface area (Å²) in [7, 11) is 3.59. The van der Waals surface area contributed by atoms with Gasteiger partial charge in [-0.15, -0.1) is 0 Å². The van der Waals surface area contributed by atoms with Crippen LogP contribution in [0.25, 0.3) is 0 Å². The summed E-state index contributed by atoms with van der Waals surface area (Å²) in [4.78, 5) is 4.06. The molecule has 0 saturated heterocycles. The Kier molecular flexibility index (Phi) is 5.93. The van der Waals surface area contributed by atoms with Crippen molar-refractivity contribution in [3.8, 4) is 5.75 Å². The van der Waals surface area contributed by atoms with Gasteiger partial charge in [-0.05, 0) is 24.1 Å². The highest BCUT2D eigenvalue weighted by molar-refractivity contribution is 5.79. The third-order valence-electron chi connectivity index (χ3n) is 2.29. The molecule has 94 valence electrons. The molecule has 17 heavy (non-hydrogen) atoms. The van der Waals surface area contributed by atoms with E-state index in [-0.39, 0.29) is 0 Å². The molecule has 0 spiro atoms. The van der Waals surface area contributed by atoms with Crippen LogP contribution in [0.3, 0.4) is 0 Å². The van der Waals surface area contributed by atoms with E-state index < -0.39 is 0 Å². The zero-order valence-electron chi connectivity index (χ0n) is 10.8. The normalized spacial score (nSPS) is 11.1. The van der Waals surface area contributed by atoms with E-state index in [1.165, 1.54) is 5.56 Å². The second kappa shape index (κ2) is 7.54. The SMILES string of the molecule is CCCOc1cccc(CNC(=NC)NC)c1. The summed E-state index contributed by atoms with van der Waals surface area (Å²) < 4.78 is 5.58. The Hall–Kier alpha value is -1.71. The van der Waals surface area contributed by atoms with Gasteiger partial charge >= 0.3 is 0 Å². The lowest BCUT2D eigenvalue weighted by atomic mass is 10.2. The van der Waals surface area contributed by atoms with Gasteiger partial charge in [0.2, 0.25) is 0 Å². The quantitative estimate of drug-likeness (QED) is 0.604. The smallest absolute Gasteiger partial charge is 0.190 e. The molecule has 0 aliphatic heterocycles. The van der Waals surface area contributed by atoms with Crippen molar-refractivity contribution in [3.05, 3.63) is 29.8 Å². The minimum atomic E-state index is 0.733. The zero-order chi connectivity index (χ0) is 12.5. The Morgan fingerprint density at radius 2 is 2.24 bits per heavy atom. The Balaban J connectivity index is 2.53. The molecular formula is C13H21N3O. The molecule has 1 aromatic carbocycles. The van der Waals surface area contributed by atoms with E-state index in [4.69, 9.17) is 4.74 Å². The van der Waals surface area contributed by atoms with E-state index in [0.717, 1.165) is 31.3 Å². The first kappa shape index (κ1) is 13.4.